The molecule has 0 saturated carbocycles. The maximum atomic E-state index is 12.6. The molecule has 0 unspecified atom stereocenters. The number of likely N-dealkylation sites (N-methyl/N-ethyl adjacent to an activating group) is 1. The molecule has 2 aromatic carbocycles. The number of ketones is 1. The molecule has 0 radical (unpaired) electrons. The molecular weight excluding hydrogens is 330 g/mol. The van der Waals surface area contributed by atoms with E-state index >= 15 is 0 Å². The van der Waals surface area contributed by atoms with Crippen LogP contribution in [0.4, 0.5) is 5.69 Å². The number of anilines is 1. The minimum Gasteiger partial charge on any atom is -0.497 e. The number of carbonyl (C=O) groups excluding carboxylic acids is 2. The number of fused-ring (bicyclic) bond motifs is 1. The van der Waals surface area contributed by atoms with Crippen LogP contribution in [0.15, 0.2) is 36.4 Å². The van der Waals surface area contributed by atoms with Gasteiger partial charge in [-0.15, -0.1) is 0 Å². The molecule has 1 aliphatic rings. The van der Waals surface area contributed by atoms with Crippen LogP contribution in [-0.4, -0.2) is 32.5 Å². The molecule has 1 heterocycles. The van der Waals surface area contributed by atoms with E-state index in [0.29, 0.717) is 33.3 Å². The predicted molar refractivity (Wildman–Crippen MR) is 91.4 cm³/mol. The van der Waals surface area contributed by atoms with E-state index in [-0.39, 0.29) is 24.7 Å². The van der Waals surface area contributed by atoms with Crippen molar-refractivity contribution in [3.63, 3.8) is 0 Å². The third-order valence-electron chi connectivity index (χ3n) is 3.97. The van der Waals surface area contributed by atoms with Gasteiger partial charge in [-0.2, -0.15) is 0 Å². The van der Waals surface area contributed by atoms with Crippen molar-refractivity contribution in [1.82, 2.24) is 0 Å². The smallest absolute Gasteiger partial charge is 0.264 e. The highest BCUT2D eigenvalue weighted by atomic mass is 35.5. The molecule has 0 bridgehead atoms. The number of ether oxygens (including phenoxy) is 2. The highest BCUT2D eigenvalue weighted by Crippen LogP contribution is 2.32. The highest BCUT2D eigenvalue weighted by Gasteiger charge is 2.23. The minimum atomic E-state index is -0.150. The van der Waals surface area contributed by atoms with Gasteiger partial charge in [-0.05, 0) is 42.0 Å². The Balaban J connectivity index is 1.87. The fourth-order valence-corrected chi connectivity index (χ4v) is 2.72. The van der Waals surface area contributed by atoms with Crippen LogP contribution in [-0.2, 0) is 11.2 Å². The standard InChI is InChI=1S/C18H16ClNO4/c1-20-15-8-11(3-6-17(15)24-10-18(20)22)16(21)9-12-7-13(23-2)4-5-14(12)19/h3-8H,9-10H2,1-2H3. The zero-order chi connectivity index (χ0) is 17.3. The number of rotatable bonds is 4. The Kier molecular flexibility index (Phi) is 4.44. The van der Waals surface area contributed by atoms with Crippen LogP contribution in [0.25, 0.3) is 0 Å². The number of Topliss-reactive ketones (excluding diaryl/α,β-unsaturated/α-hetero) is 1. The van der Waals surface area contributed by atoms with E-state index in [1.165, 1.54) is 4.90 Å². The number of amides is 1. The average molecular weight is 346 g/mol. The van der Waals surface area contributed by atoms with Crippen molar-refractivity contribution in [2.75, 3.05) is 25.7 Å². The summed E-state index contributed by atoms with van der Waals surface area (Å²) in [7, 11) is 3.22. The van der Waals surface area contributed by atoms with Crippen molar-refractivity contribution in [1.29, 1.82) is 0 Å². The van der Waals surface area contributed by atoms with E-state index in [9.17, 15) is 9.59 Å². The molecule has 0 fully saturated rings. The van der Waals surface area contributed by atoms with E-state index in [2.05, 4.69) is 0 Å². The molecule has 0 N–H and O–H groups in total. The van der Waals surface area contributed by atoms with Crippen LogP contribution in [0.1, 0.15) is 15.9 Å². The van der Waals surface area contributed by atoms with Gasteiger partial charge in [-0.1, -0.05) is 11.6 Å². The number of benzene rings is 2. The number of carbonyl (C=O) groups is 2. The van der Waals surface area contributed by atoms with E-state index in [1.54, 1.807) is 50.6 Å². The largest absolute Gasteiger partial charge is 0.497 e. The van der Waals surface area contributed by atoms with Gasteiger partial charge in [-0.25, -0.2) is 0 Å². The Hall–Kier alpha value is -2.53. The summed E-state index contributed by atoms with van der Waals surface area (Å²) in [5, 5.41) is 0.512. The third kappa shape index (κ3) is 3.08. The number of nitrogens with zero attached hydrogens (tertiary/aromatic N) is 1. The molecule has 124 valence electrons. The molecule has 0 saturated heterocycles. The first kappa shape index (κ1) is 16.3. The Morgan fingerprint density at radius 3 is 2.83 bits per heavy atom. The molecule has 0 spiro atoms. The molecule has 2 aromatic rings. The van der Waals surface area contributed by atoms with Crippen molar-refractivity contribution < 1.29 is 19.1 Å². The molecular formula is C18H16ClNO4. The lowest BCUT2D eigenvalue weighted by atomic mass is 10.0. The van der Waals surface area contributed by atoms with Crippen LogP contribution >= 0.6 is 11.6 Å². The van der Waals surface area contributed by atoms with E-state index in [0.717, 1.165) is 0 Å². The molecule has 0 atom stereocenters. The van der Waals surface area contributed by atoms with Gasteiger partial charge >= 0.3 is 0 Å². The summed E-state index contributed by atoms with van der Waals surface area (Å²) in [6.45, 7) is 0.0101. The summed E-state index contributed by atoms with van der Waals surface area (Å²) >= 11 is 6.16. The summed E-state index contributed by atoms with van der Waals surface area (Å²) < 4.78 is 10.5. The van der Waals surface area contributed by atoms with E-state index in [1.807, 2.05) is 0 Å². The van der Waals surface area contributed by atoms with Gasteiger partial charge in [0.05, 0.1) is 12.8 Å². The SMILES string of the molecule is COc1ccc(Cl)c(CC(=O)c2ccc3c(c2)N(C)C(=O)CO3)c1. The van der Waals surface area contributed by atoms with Crippen LogP contribution in [0.3, 0.4) is 0 Å². The Bertz CT molecular complexity index is 819. The first-order valence-electron chi connectivity index (χ1n) is 7.38. The van der Waals surface area contributed by atoms with Crippen LogP contribution < -0.4 is 14.4 Å². The van der Waals surface area contributed by atoms with Crippen molar-refractivity contribution in [2.45, 2.75) is 6.42 Å². The summed E-state index contributed by atoms with van der Waals surface area (Å²) in [6.07, 6.45) is 0.146. The Morgan fingerprint density at radius 2 is 2.08 bits per heavy atom. The lowest BCUT2D eigenvalue weighted by Crippen LogP contribution is -2.35. The molecule has 3 rings (SSSR count). The quantitative estimate of drug-likeness (QED) is 0.799. The lowest BCUT2D eigenvalue weighted by Gasteiger charge is -2.26. The second kappa shape index (κ2) is 6.53. The summed E-state index contributed by atoms with van der Waals surface area (Å²) in [5.41, 5.74) is 1.78. The second-order valence-electron chi connectivity index (χ2n) is 5.48. The number of methoxy groups -OCH3 is 1. The van der Waals surface area contributed by atoms with Gasteiger partial charge in [0.1, 0.15) is 11.5 Å². The maximum absolute atomic E-state index is 12.6. The minimum absolute atomic E-state index is 0.0101. The van der Waals surface area contributed by atoms with Gasteiger partial charge in [0.2, 0.25) is 0 Å². The van der Waals surface area contributed by atoms with Gasteiger partial charge in [0.25, 0.3) is 5.91 Å². The number of hydrogen-bond donors (Lipinski definition) is 0. The predicted octanol–water partition coefficient (Wildman–Crippen LogP) is 3.13. The normalized spacial score (nSPS) is 13.3. The lowest BCUT2D eigenvalue weighted by molar-refractivity contribution is -0.120. The molecule has 24 heavy (non-hydrogen) atoms. The number of halogens is 1. The van der Waals surface area contributed by atoms with Gasteiger partial charge < -0.3 is 14.4 Å². The molecule has 1 amide bonds. The Morgan fingerprint density at radius 1 is 1.29 bits per heavy atom. The molecule has 0 aliphatic carbocycles. The molecule has 0 aromatic heterocycles. The highest BCUT2D eigenvalue weighted by molar-refractivity contribution is 6.31. The van der Waals surface area contributed by atoms with E-state index < -0.39 is 0 Å². The van der Waals surface area contributed by atoms with Crippen molar-refractivity contribution in [3.8, 4) is 11.5 Å². The second-order valence-corrected chi connectivity index (χ2v) is 5.89. The van der Waals surface area contributed by atoms with Gasteiger partial charge in [-0.3, -0.25) is 9.59 Å². The maximum Gasteiger partial charge on any atom is 0.264 e. The monoisotopic (exact) mass is 345 g/mol. The summed E-state index contributed by atoms with van der Waals surface area (Å²) in [6, 6.07) is 10.3. The van der Waals surface area contributed by atoms with Crippen LogP contribution in [0.2, 0.25) is 5.02 Å². The van der Waals surface area contributed by atoms with Gasteiger partial charge in [0, 0.05) is 24.1 Å². The summed E-state index contributed by atoms with van der Waals surface area (Å²) in [5.74, 6) is 0.988. The third-order valence-corrected chi connectivity index (χ3v) is 4.34. The summed E-state index contributed by atoms with van der Waals surface area (Å²) in [4.78, 5) is 25.8. The molecule has 5 nitrogen and oxygen atoms in total. The molecule has 1 aliphatic heterocycles. The van der Waals surface area contributed by atoms with Crippen molar-refractivity contribution >= 4 is 29.0 Å². The number of hydrogen-bond acceptors (Lipinski definition) is 4. The topological polar surface area (TPSA) is 55.8 Å². The van der Waals surface area contributed by atoms with Crippen LogP contribution in [0.5, 0.6) is 11.5 Å². The Labute approximate surface area is 144 Å². The first-order valence-corrected chi connectivity index (χ1v) is 7.76. The van der Waals surface area contributed by atoms with Crippen molar-refractivity contribution in [3.05, 3.63) is 52.5 Å². The van der Waals surface area contributed by atoms with Crippen LogP contribution in [0, 0.1) is 0 Å². The first-order chi connectivity index (χ1) is 11.5. The zero-order valence-corrected chi connectivity index (χ0v) is 14.1. The zero-order valence-electron chi connectivity index (χ0n) is 13.3. The van der Waals surface area contributed by atoms with Gasteiger partial charge in [0.15, 0.2) is 12.4 Å². The van der Waals surface area contributed by atoms with Crippen molar-refractivity contribution in [2.24, 2.45) is 0 Å². The average Bonchev–Trinajstić information content (AvgIpc) is 2.60. The fraction of sp³-hybridized carbons (Fsp3) is 0.222. The van der Waals surface area contributed by atoms with E-state index in [4.69, 9.17) is 21.1 Å². The fourth-order valence-electron chi connectivity index (χ4n) is 2.53. The molecule has 6 heteroatoms.